The Bertz CT molecular complexity index is 863. The van der Waals surface area contributed by atoms with Crippen LogP contribution >= 0.6 is 0 Å². The molecule has 2 aromatic heterocycles. The summed E-state index contributed by atoms with van der Waals surface area (Å²) >= 11 is 0. The van der Waals surface area contributed by atoms with Crippen LogP contribution in [0, 0.1) is 0 Å². The second-order valence-corrected chi connectivity index (χ2v) is 6.26. The van der Waals surface area contributed by atoms with Crippen molar-refractivity contribution >= 4 is 16.7 Å². The molecule has 4 heteroatoms. The van der Waals surface area contributed by atoms with Gasteiger partial charge in [-0.1, -0.05) is 30.3 Å². The number of likely N-dealkylation sites (tertiary alicyclic amines) is 1. The van der Waals surface area contributed by atoms with E-state index in [0.29, 0.717) is 12.2 Å². The summed E-state index contributed by atoms with van der Waals surface area (Å²) in [6.07, 6.45) is 5.67. The Balaban J connectivity index is 1.56. The summed E-state index contributed by atoms with van der Waals surface area (Å²) < 4.78 is 0. The number of carbonyl (C=O) groups is 1. The summed E-state index contributed by atoms with van der Waals surface area (Å²) in [5.74, 6) is 0.303. The molecule has 24 heavy (non-hydrogen) atoms. The van der Waals surface area contributed by atoms with Gasteiger partial charge >= 0.3 is 0 Å². The third kappa shape index (κ3) is 2.87. The van der Waals surface area contributed by atoms with Gasteiger partial charge in [0.15, 0.2) is 0 Å². The van der Waals surface area contributed by atoms with E-state index in [1.54, 1.807) is 12.3 Å². The van der Waals surface area contributed by atoms with Gasteiger partial charge in [0.25, 0.3) is 5.91 Å². The normalized spacial score (nSPS) is 17.8. The highest BCUT2D eigenvalue weighted by atomic mass is 16.2. The first kappa shape index (κ1) is 14.8. The molecule has 0 spiro atoms. The standard InChI is InChI=1S/C20H19N3O/c24-20(18-9-3-4-10-21-18)23-11-5-8-17(14-23)19-12-15-6-1-2-7-16(15)13-22-19/h1-4,6-7,9-10,12-13,17H,5,8,11,14H2/t17-/m1/s1. The molecule has 0 N–H and O–H groups in total. The second kappa shape index (κ2) is 6.40. The van der Waals surface area contributed by atoms with E-state index >= 15 is 0 Å². The molecular formula is C20H19N3O. The van der Waals surface area contributed by atoms with Gasteiger partial charge in [0.05, 0.1) is 0 Å². The highest BCUT2D eigenvalue weighted by Gasteiger charge is 2.26. The fourth-order valence-electron chi connectivity index (χ4n) is 3.38. The van der Waals surface area contributed by atoms with E-state index in [1.807, 2.05) is 35.4 Å². The van der Waals surface area contributed by atoms with Gasteiger partial charge in [0.2, 0.25) is 0 Å². The highest BCUT2D eigenvalue weighted by molar-refractivity contribution is 5.92. The van der Waals surface area contributed by atoms with Gasteiger partial charge in [-0.15, -0.1) is 0 Å². The van der Waals surface area contributed by atoms with Crippen LogP contribution in [0.3, 0.4) is 0 Å². The zero-order chi connectivity index (χ0) is 16.4. The number of nitrogens with zero attached hydrogens (tertiary/aromatic N) is 3. The van der Waals surface area contributed by atoms with Gasteiger partial charge in [-0.25, -0.2) is 0 Å². The average molecular weight is 317 g/mol. The Hall–Kier alpha value is -2.75. The molecule has 3 heterocycles. The van der Waals surface area contributed by atoms with Crippen LogP contribution in [-0.4, -0.2) is 33.9 Å². The van der Waals surface area contributed by atoms with E-state index in [9.17, 15) is 4.79 Å². The van der Waals surface area contributed by atoms with Crippen LogP contribution in [-0.2, 0) is 0 Å². The Labute approximate surface area is 141 Å². The van der Waals surface area contributed by atoms with Crippen LogP contribution < -0.4 is 0 Å². The van der Waals surface area contributed by atoms with Gasteiger partial charge in [-0.05, 0) is 36.4 Å². The molecule has 1 fully saturated rings. The van der Waals surface area contributed by atoms with Crippen molar-refractivity contribution < 1.29 is 4.79 Å². The van der Waals surface area contributed by atoms with Gasteiger partial charge in [-0.3, -0.25) is 14.8 Å². The maximum atomic E-state index is 12.6. The molecule has 1 aliphatic heterocycles. The monoisotopic (exact) mass is 317 g/mol. The lowest BCUT2D eigenvalue weighted by atomic mass is 9.93. The summed E-state index contributed by atoms with van der Waals surface area (Å²) in [5, 5.41) is 2.36. The van der Waals surface area contributed by atoms with Gasteiger partial charge in [0.1, 0.15) is 5.69 Å². The molecule has 0 unspecified atom stereocenters. The Morgan fingerprint density at radius 1 is 1.04 bits per heavy atom. The van der Waals surface area contributed by atoms with E-state index in [0.717, 1.165) is 30.5 Å². The van der Waals surface area contributed by atoms with Crippen LogP contribution in [0.25, 0.3) is 10.8 Å². The fourth-order valence-corrected chi connectivity index (χ4v) is 3.38. The van der Waals surface area contributed by atoms with Crippen LogP contribution in [0.1, 0.15) is 34.9 Å². The van der Waals surface area contributed by atoms with Crippen LogP contribution in [0.5, 0.6) is 0 Å². The maximum Gasteiger partial charge on any atom is 0.272 e. The molecular weight excluding hydrogens is 298 g/mol. The van der Waals surface area contributed by atoms with Crippen LogP contribution in [0.2, 0.25) is 0 Å². The third-order valence-electron chi connectivity index (χ3n) is 4.66. The number of benzene rings is 1. The summed E-state index contributed by atoms with van der Waals surface area (Å²) in [7, 11) is 0. The maximum absolute atomic E-state index is 12.6. The SMILES string of the molecule is O=C(c1ccccn1)N1CCC[C@@H](c2cc3ccccc3cn2)C1. The van der Waals surface area contributed by atoms with Crippen molar-refractivity contribution in [2.75, 3.05) is 13.1 Å². The molecule has 0 aliphatic carbocycles. The number of pyridine rings is 2. The number of rotatable bonds is 2. The van der Waals surface area contributed by atoms with Gasteiger partial charge in [-0.2, -0.15) is 0 Å². The summed E-state index contributed by atoms with van der Waals surface area (Å²) in [4.78, 5) is 23.4. The summed E-state index contributed by atoms with van der Waals surface area (Å²) in [6, 6.07) is 15.9. The van der Waals surface area contributed by atoms with E-state index in [4.69, 9.17) is 0 Å². The van der Waals surface area contributed by atoms with E-state index in [-0.39, 0.29) is 11.8 Å². The number of hydrogen-bond acceptors (Lipinski definition) is 3. The molecule has 4 rings (SSSR count). The Morgan fingerprint density at radius 2 is 1.88 bits per heavy atom. The highest BCUT2D eigenvalue weighted by Crippen LogP contribution is 2.28. The molecule has 1 aliphatic rings. The molecule has 1 amide bonds. The largest absolute Gasteiger partial charge is 0.337 e. The Morgan fingerprint density at radius 3 is 2.71 bits per heavy atom. The molecule has 0 saturated carbocycles. The Kier molecular flexibility index (Phi) is 3.95. The smallest absolute Gasteiger partial charge is 0.272 e. The first-order chi connectivity index (χ1) is 11.8. The van der Waals surface area contributed by atoms with E-state index in [1.165, 1.54) is 5.39 Å². The predicted octanol–water partition coefficient (Wildman–Crippen LogP) is 3.65. The van der Waals surface area contributed by atoms with Gasteiger partial charge in [0, 0.05) is 42.5 Å². The average Bonchev–Trinajstić information content (AvgIpc) is 2.68. The molecule has 3 aromatic rings. The quantitative estimate of drug-likeness (QED) is 0.725. The molecule has 0 radical (unpaired) electrons. The molecule has 0 bridgehead atoms. The minimum absolute atomic E-state index is 0.0149. The molecule has 120 valence electrons. The minimum atomic E-state index is 0.0149. The first-order valence-electron chi connectivity index (χ1n) is 8.36. The molecule has 1 saturated heterocycles. The number of hydrogen-bond donors (Lipinski definition) is 0. The first-order valence-corrected chi connectivity index (χ1v) is 8.36. The molecule has 4 nitrogen and oxygen atoms in total. The van der Waals surface area contributed by atoms with Crippen molar-refractivity contribution in [2.45, 2.75) is 18.8 Å². The number of fused-ring (bicyclic) bond motifs is 1. The van der Waals surface area contributed by atoms with E-state index < -0.39 is 0 Å². The van der Waals surface area contributed by atoms with Crippen molar-refractivity contribution in [3.63, 3.8) is 0 Å². The third-order valence-corrected chi connectivity index (χ3v) is 4.66. The predicted molar refractivity (Wildman–Crippen MR) is 93.9 cm³/mol. The van der Waals surface area contributed by atoms with Gasteiger partial charge < -0.3 is 4.90 Å². The lowest BCUT2D eigenvalue weighted by Gasteiger charge is -2.32. The zero-order valence-electron chi connectivity index (χ0n) is 13.4. The molecule has 1 atom stereocenters. The van der Waals surface area contributed by atoms with Crippen molar-refractivity contribution in [1.29, 1.82) is 0 Å². The lowest BCUT2D eigenvalue weighted by molar-refractivity contribution is 0.0700. The fraction of sp³-hybridized carbons (Fsp3) is 0.250. The summed E-state index contributed by atoms with van der Waals surface area (Å²) in [6.45, 7) is 1.50. The molecule has 1 aromatic carbocycles. The number of piperidine rings is 1. The number of carbonyl (C=O) groups excluding carboxylic acids is 1. The van der Waals surface area contributed by atoms with E-state index in [2.05, 4.69) is 28.2 Å². The van der Waals surface area contributed by atoms with Crippen molar-refractivity contribution in [2.24, 2.45) is 0 Å². The topological polar surface area (TPSA) is 46.1 Å². The van der Waals surface area contributed by atoms with Crippen molar-refractivity contribution in [3.8, 4) is 0 Å². The van der Waals surface area contributed by atoms with Crippen LogP contribution in [0.15, 0.2) is 60.9 Å². The van der Waals surface area contributed by atoms with Crippen molar-refractivity contribution in [1.82, 2.24) is 14.9 Å². The van der Waals surface area contributed by atoms with Crippen molar-refractivity contribution in [3.05, 3.63) is 72.3 Å². The zero-order valence-corrected chi connectivity index (χ0v) is 13.4. The second-order valence-electron chi connectivity index (χ2n) is 6.26. The lowest BCUT2D eigenvalue weighted by Crippen LogP contribution is -2.39. The summed E-state index contributed by atoms with van der Waals surface area (Å²) in [5.41, 5.74) is 1.59. The van der Waals surface area contributed by atoms with Crippen LogP contribution in [0.4, 0.5) is 0 Å². The minimum Gasteiger partial charge on any atom is -0.337 e. The number of amides is 1. The number of aromatic nitrogens is 2.